The number of fused-ring (bicyclic) bond motifs is 2. The number of ether oxygens (including phenoxy) is 2. The quantitative estimate of drug-likeness (QED) is 0.757. The number of para-hydroxylation sites is 1. The number of amides is 1. The fourth-order valence-corrected chi connectivity index (χ4v) is 4.94. The van der Waals surface area contributed by atoms with E-state index in [1.165, 1.54) is 0 Å². The normalized spacial score (nSPS) is 17.6. The second-order valence-corrected chi connectivity index (χ2v) is 9.16. The SMILES string of the molecule is CC(C(=O)N1CCc2ccccc21)S(=O)Cc1cc(Cl)c2c(c1)OCCCO2. The van der Waals surface area contributed by atoms with Crippen LogP contribution in [0.1, 0.15) is 24.5 Å². The summed E-state index contributed by atoms with van der Waals surface area (Å²) in [4.78, 5) is 14.7. The highest BCUT2D eigenvalue weighted by atomic mass is 35.5. The molecule has 4 rings (SSSR count). The van der Waals surface area contributed by atoms with Gasteiger partial charge in [-0.2, -0.15) is 0 Å². The largest absolute Gasteiger partial charge is 0.489 e. The zero-order chi connectivity index (χ0) is 19.7. The van der Waals surface area contributed by atoms with Crippen LogP contribution in [0.5, 0.6) is 11.5 Å². The van der Waals surface area contributed by atoms with Crippen molar-refractivity contribution in [3.8, 4) is 11.5 Å². The molecule has 0 N–H and O–H groups in total. The summed E-state index contributed by atoms with van der Waals surface area (Å²) in [6.45, 7) is 3.47. The molecule has 2 unspecified atom stereocenters. The van der Waals surface area contributed by atoms with Crippen LogP contribution >= 0.6 is 11.6 Å². The van der Waals surface area contributed by atoms with Gasteiger partial charge in [-0.3, -0.25) is 9.00 Å². The van der Waals surface area contributed by atoms with Crippen LogP contribution in [-0.4, -0.2) is 35.1 Å². The molecule has 0 bridgehead atoms. The zero-order valence-corrected chi connectivity index (χ0v) is 17.2. The summed E-state index contributed by atoms with van der Waals surface area (Å²) >= 11 is 6.33. The van der Waals surface area contributed by atoms with Gasteiger partial charge in [0, 0.05) is 35.2 Å². The van der Waals surface area contributed by atoms with Gasteiger partial charge in [-0.15, -0.1) is 0 Å². The van der Waals surface area contributed by atoms with Crippen molar-refractivity contribution in [3.05, 3.63) is 52.5 Å². The van der Waals surface area contributed by atoms with Crippen LogP contribution in [-0.2, 0) is 27.8 Å². The van der Waals surface area contributed by atoms with Gasteiger partial charge in [0.2, 0.25) is 5.91 Å². The first-order chi connectivity index (χ1) is 13.5. The minimum absolute atomic E-state index is 0.108. The molecule has 148 valence electrons. The second kappa shape index (κ2) is 8.13. The van der Waals surface area contributed by atoms with E-state index in [4.69, 9.17) is 21.1 Å². The highest BCUT2D eigenvalue weighted by Crippen LogP contribution is 2.38. The lowest BCUT2D eigenvalue weighted by Gasteiger charge is -2.21. The molecule has 2 aromatic rings. The molecule has 1 amide bonds. The Morgan fingerprint density at radius 1 is 1.25 bits per heavy atom. The summed E-state index contributed by atoms with van der Waals surface area (Å²) in [6.07, 6.45) is 1.62. The fourth-order valence-electron chi connectivity index (χ4n) is 3.56. The summed E-state index contributed by atoms with van der Waals surface area (Å²) in [5.74, 6) is 1.23. The van der Waals surface area contributed by atoms with Gasteiger partial charge < -0.3 is 14.4 Å². The van der Waals surface area contributed by atoms with Crippen LogP contribution < -0.4 is 14.4 Å². The lowest BCUT2D eigenvalue weighted by atomic mass is 10.2. The third-order valence-corrected chi connectivity index (χ3v) is 6.96. The van der Waals surface area contributed by atoms with Gasteiger partial charge >= 0.3 is 0 Å². The predicted octanol–water partition coefficient (Wildman–Crippen LogP) is 3.73. The molecule has 2 atom stereocenters. The fraction of sp³-hybridized carbons (Fsp3) is 0.381. The van der Waals surface area contributed by atoms with E-state index in [1.54, 1.807) is 17.9 Å². The van der Waals surface area contributed by atoms with Crippen LogP contribution in [0.25, 0.3) is 0 Å². The topological polar surface area (TPSA) is 55.8 Å². The van der Waals surface area contributed by atoms with Crippen molar-refractivity contribution < 1.29 is 18.5 Å². The van der Waals surface area contributed by atoms with E-state index < -0.39 is 16.0 Å². The number of carbonyl (C=O) groups excluding carboxylic acids is 1. The van der Waals surface area contributed by atoms with Gasteiger partial charge in [0.25, 0.3) is 0 Å². The van der Waals surface area contributed by atoms with Gasteiger partial charge in [-0.1, -0.05) is 29.8 Å². The number of rotatable bonds is 4. The van der Waals surface area contributed by atoms with Gasteiger partial charge in [0.15, 0.2) is 11.5 Å². The van der Waals surface area contributed by atoms with Crippen LogP contribution in [0.3, 0.4) is 0 Å². The highest BCUT2D eigenvalue weighted by molar-refractivity contribution is 7.85. The number of nitrogens with zero attached hydrogens (tertiary/aromatic N) is 1. The van der Waals surface area contributed by atoms with Crippen LogP contribution in [0.4, 0.5) is 5.69 Å². The van der Waals surface area contributed by atoms with Crippen LogP contribution in [0, 0.1) is 0 Å². The third-order valence-electron chi connectivity index (χ3n) is 5.07. The number of hydrogen-bond donors (Lipinski definition) is 0. The molecular formula is C21H22ClNO4S. The highest BCUT2D eigenvalue weighted by Gasteiger charge is 2.31. The Bertz CT molecular complexity index is 933. The smallest absolute Gasteiger partial charge is 0.242 e. The molecule has 2 aliphatic rings. The predicted molar refractivity (Wildman–Crippen MR) is 111 cm³/mol. The first-order valence-corrected chi connectivity index (χ1v) is 11.1. The summed E-state index contributed by atoms with van der Waals surface area (Å²) in [7, 11) is -1.38. The Morgan fingerprint density at radius 3 is 2.89 bits per heavy atom. The molecule has 0 fully saturated rings. The van der Waals surface area contributed by atoms with Crippen LogP contribution in [0.2, 0.25) is 5.02 Å². The Hall–Kier alpha value is -2.05. The lowest BCUT2D eigenvalue weighted by molar-refractivity contribution is -0.117. The zero-order valence-electron chi connectivity index (χ0n) is 15.7. The van der Waals surface area contributed by atoms with E-state index in [0.29, 0.717) is 36.3 Å². The van der Waals surface area contributed by atoms with E-state index >= 15 is 0 Å². The third kappa shape index (κ3) is 3.76. The first-order valence-electron chi connectivity index (χ1n) is 9.39. The molecular weight excluding hydrogens is 398 g/mol. The molecule has 0 aliphatic carbocycles. The van der Waals surface area contributed by atoms with E-state index in [1.807, 2.05) is 30.3 Å². The number of anilines is 1. The Labute approximate surface area is 172 Å². The average Bonchev–Trinajstić information content (AvgIpc) is 2.97. The Balaban J connectivity index is 1.49. The van der Waals surface area contributed by atoms with Crippen molar-refractivity contribution in [2.45, 2.75) is 30.8 Å². The van der Waals surface area contributed by atoms with E-state index in [-0.39, 0.29) is 11.7 Å². The number of halogens is 1. The molecule has 2 aliphatic heterocycles. The molecule has 2 aromatic carbocycles. The molecule has 7 heteroatoms. The van der Waals surface area contributed by atoms with Gasteiger partial charge in [-0.25, -0.2) is 0 Å². The molecule has 2 heterocycles. The Morgan fingerprint density at radius 2 is 2.04 bits per heavy atom. The number of benzene rings is 2. The van der Waals surface area contributed by atoms with Crippen LogP contribution in [0.15, 0.2) is 36.4 Å². The minimum atomic E-state index is -1.38. The maximum Gasteiger partial charge on any atom is 0.242 e. The monoisotopic (exact) mass is 419 g/mol. The van der Waals surface area contributed by atoms with E-state index in [2.05, 4.69) is 0 Å². The van der Waals surface area contributed by atoms with Crippen molar-refractivity contribution in [3.63, 3.8) is 0 Å². The Kier molecular flexibility index (Phi) is 5.60. The maximum absolute atomic E-state index is 12.9. The molecule has 5 nitrogen and oxygen atoms in total. The van der Waals surface area contributed by atoms with Crippen molar-refractivity contribution in [2.75, 3.05) is 24.7 Å². The average molecular weight is 420 g/mol. The van der Waals surface area contributed by atoms with Gasteiger partial charge in [0.1, 0.15) is 5.25 Å². The minimum Gasteiger partial charge on any atom is -0.489 e. The lowest BCUT2D eigenvalue weighted by Crippen LogP contribution is -2.39. The molecule has 0 saturated heterocycles. The van der Waals surface area contributed by atoms with Crippen molar-refractivity contribution in [1.82, 2.24) is 0 Å². The van der Waals surface area contributed by atoms with E-state index in [9.17, 15) is 9.00 Å². The van der Waals surface area contributed by atoms with Gasteiger partial charge in [0.05, 0.1) is 18.2 Å². The standard InChI is InChI=1S/C21H22ClNO4S/c1-14(21(24)23-8-7-16-5-2-3-6-18(16)23)28(25)13-15-11-17(22)20-19(12-15)26-9-4-10-27-20/h2-3,5-6,11-12,14H,4,7-10,13H2,1H3. The molecule has 0 spiro atoms. The molecule has 28 heavy (non-hydrogen) atoms. The number of carbonyl (C=O) groups is 1. The molecule has 0 radical (unpaired) electrons. The summed E-state index contributed by atoms with van der Waals surface area (Å²) in [5, 5.41) is -0.167. The van der Waals surface area contributed by atoms with E-state index in [0.717, 1.165) is 29.7 Å². The maximum atomic E-state index is 12.9. The van der Waals surface area contributed by atoms with Crippen molar-refractivity contribution >= 4 is 34.0 Å². The van der Waals surface area contributed by atoms with Crippen molar-refractivity contribution in [2.24, 2.45) is 0 Å². The number of hydrogen-bond acceptors (Lipinski definition) is 4. The van der Waals surface area contributed by atoms with Crippen molar-refractivity contribution in [1.29, 1.82) is 0 Å². The second-order valence-electron chi connectivity index (χ2n) is 6.99. The van der Waals surface area contributed by atoms with Gasteiger partial charge in [-0.05, 0) is 42.7 Å². The summed E-state index contributed by atoms with van der Waals surface area (Å²) < 4.78 is 24.2. The first kappa shape index (κ1) is 19.3. The summed E-state index contributed by atoms with van der Waals surface area (Å²) in [5.41, 5.74) is 2.85. The molecule has 0 aromatic heterocycles. The summed E-state index contributed by atoms with van der Waals surface area (Å²) in [6, 6.07) is 11.4. The molecule has 0 saturated carbocycles.